The lowest BCUT2D eigenvalue weighted by Crippen LogP contribution is -2.13. The number of aromatic nitrogens is 3. The summed E-state index contributed by atoms with van der Waals surface area (Å²) in [4.78, 5) is 9.83. The zero-order chi connectivity index (χ0) is 17.6. The minimum atomic E-state index is 0.0338. The fraction of sp³-hybridized carbons (Fsp3) is 0.391. The van der Waals surface area contributed by atoms with Gasteiger partial charge in [0, 0.05) is 22.7 Å². The lowest BCUT2D eigenvalue weighted by atomic mass is 9.90. The third kappa shape index (κ3) is 1.83. The number of imidazole rings is 1. The average molecular weight is 341 g/mol. The van der Waals surface area contributed by atoms with Crippen LogP contribution in [0.3, 0.4) is 0 Å². The van der Waals surface area contributed by atoms with Crippen molar-refractivity contribution in [3.8, 4) is 0 Å². The molecular weight excluding hydrogens is 318 g/mol. The first kappa shape index (κ1) is 14.7. The average Bonchev–Trinajstić information content (AvgIpc) is 3.31. The van der Waals surface area contributed by atoms with Crippen molar-refractivity contribution in [1.29, 1.82) is 0 Å². The van der Waals surface area contributed by atoms with E-state index in [2.05, 4.69) is 61.7 Å². The first-order valence-electron chi connectivity index (χ1n) is 9.75. The molecule has 3 heterocycles. The lowest BCUT2D eigenvalue weighted by Gasteiger charge is -2.17. The van der Waals surface area contributed by atoms with Gasteiger partial charge in [0.15, 0.2) is 5.65 Å². The summed E-state index contributed by atoms with van der Waals surface area (Å²) >= 11 is 0. The summed E-state index contributed by atoms with van der Waals surface area (Å²) in [5, 5.41) is 2.59. The molecule has 1 aromatic carbocycles. The summed E-state index contributed by atoms with van der Waals surface area (Å²) in [5.74, 6) is 1.57. The monoisotopic (exact) mass is 341 g/mol. The number of pyridine rings is 2. The number of hydrogen-bond acceptors (Lipinski definition) is 2. The molecule has 130 valence electrons. The third-order valence-corrected chi connectivity index (χ3v) is 6.53. The molecule has 26 heavy (non-hydrogen) atoms. The van der Waals surface area contributed by atoms with Crippen molar-refractivity contribution in [3.63, 3.8) is 0 Å². The van der Waals surface area contributed by atoms with Crippen LogP contribution in [0.5, 0.6) is 0 Å². The molecule has 4 aromatic rings. The molecule has 0 N–H and O–H groups in total. The minimum absolute atomic E-state index is 0.0338. The molecule has 2 aliphatic carbocycles. The molecule has 3 nitrogen and oxygen atoms in total. The van der Waals surface area contributed by atoms with Crippen molar-refractivity contribution in [2.75, 3.05) is 0 Å². The fourth-order valence-corrected chi connectivity index (χ4v) is 5.13. The zero-order valence-electron chi connectivity index (χ0n) is 15.6. The Kier molecular flexibility index (Phi) is 2.63. The van der Waals surface area contributed by atoms with Gasteiger partial charge in [0.05, 0.1) is 5.52 Å². The second kappa shape index (κ2) is 4.64. The number of benzene rings is 1. The number of fused-ring (bicyclic) bond motifs is 10. The number of nitrogens with zero attached hydrogens (tertiary/aromatic N) is 3. The summed E-state index contributed by atoms with van der Waals surface area (Å²) in [6.45, 7) is 6.60. The molecule has 0 aliphatic heterocycles. The quantitative estimate of drug-likeness (QED) is 0.411. The highest BCUT2D eigenvalue weighted by Crippen LogP contribution is 2.54. The smallest absolute Gasteiger partial charge is 0.178 e. The molecule has 6 rings (SSSR count). The van der Waals surface area contributed by atoms with Crippen molar-refractivity contribution in [1.82, 2.24) is 14.4 Å². The van der Waals surface area contributed by atoms with Gasteiger partial charge in [-0.2, -0.15) is 0 Å². The first-order chi connectivity index (χ1) is 12.5. The zero-order valence-corrected chi connectivity index (χ0v) is 15.6. The Morgan fingerprint density at radius 3 is 2.50 bits per heavy atom. The maximum atomic E-state index is 4.96. The Labute approximate surface area is 153 Å². The maximum Gasteiger partial charge on any atom is 0.178 e. The highest BCUT2D eigenvalue weighted by Gasteiger charge is 2.37. The molecule has 1 saturated carbocycles. The predicted octanol–water partition coefficient (Wildman–Crippen LogP) is 5.70. The normalized spacial score (nSPS) is 22.0. The van der Waals surface area contributed by atoms with Gasteiger partial charge in [0.1, 0.15) is 5.65 Å². The molecular formula is C23H23N3. The van der Waals surface area contributed by atoms with Gasteiger partial charge >= 0.3 is 0 Å². The van der Waals surface area contributed by atoms with Crippen LogP contribution in [-0.2, 0) is 5.41 Å². The third-order valence-electron chi connectivity index (χ3n) is 6.53. The van der Waals surface area contributed by atoms with Crippen molar-refractivity contribution in [2.45, 2.75) is 57.3 Å². The minimum Gasteiger partial charge on any atom is -0.298 e. The van der Waals surface area contributed by atoms with Gasteiger partial charge in [0.2, 0.25) is 0 Å². The molecule has 0 saturated heterocycles. The predicted molar refractivity (Wildman–Crippen MR) is 106 cm³/mol. The Morgan fingerprint density at radius 2 is 1.73 bits per heavy atom. The molecule has 0 amide bonds. The van der Waals surface area contributed by atoms with Crippen LogP contribution in [0.25, 0.3) is 27.6 Å². The Hall–Kier alpha value is -2.42. The van der Waals surface area contributed by atoms with Gasteiger partial charge in [-0.05, 0) is 71.9 Å². The molecule has 0 radical (unpaired) electrons. The largest absolute Gasteiger partial charge is 0.298 e. The molecule has 2 bridgehead atoms. The van der Waals surface area contributed by atoms with Gasteiger partial charge in [-0.1, -0.05) is 26.8 Å². The van der Waals surface area contributed by atoms with E-state index in [4.69, 9.17) is 9.97 Å². The van der Waals surface area contributed by atoms with E-state index in [1.165, 1.54) is 30.0 Å². The van der Waals surface area contributed by atoms with Gasteiger partial charge in [-0.3, -0.25) is 4.40 Å². The standard InChI is InChI=1S/C23H23N3/c1-23(2,3)20-7-6-19-21(24-20)25-22-18-12-17-14-5-4-13(10-14)16(17)11-15(18)8-9-26(19)22/h6-9,11-14H,4-5,10H2,1-3H3. The van der Waals surface area contributed by atoms with Crippen LogP contribution in [0.1, 0.15) is 68.7 Å². The number of hydrogen-bond donors (Lipinski definition) is 0. The van der Waals surface area contributed by atoms with Crippen LogP contribution in [0.4, 0.5) is 0 Å². The Balaban J connectivity index is 1.66. The topological polar surface area (TPSA) is 30.2 Å². The Bertz CT molecular complexity index is 1210. The van der Waals surface area contributed by atoms with Gasteiger partial charge in [-0.15, -0.1) is 0 Å². The van der Waals surface area contributed by atoms with E-state index < -0.39 is 0 Å². The second-order valence-corrected chi connectivity index (χ2v) is 9.19. The van der Waals surface area contributed by atoms with Crippen LogP contribution in [0.15, 0.2) is 36.5 Å². The van der Waals surface area contributed by atoms with E-state index >= 15 is 0 Å². The first-order valence-corrected chi connectivity index (χ1v) is 9.75. The SMILES string of the molecule is CC(C)(C)c1ccc2c(n1)nc1c3cc4c(cc3ccn21)C1CCC4C1. The molecule has 3 aromatic heterocycles. The van der Waals surface area contributed by atoms with Crippen LogP contribution in [0, 0.1) is 0 Å². The summed E-state index contributed by atoms with van der Waals surface area (Å²) in [5.41, 5.74) is 7.30. The molecule has 2 aliphatic rings. The maximum absolute atomic E-state index is 4.96. The van der Waals surface area contributed by atoms with E-state index in [9.17, 15) is 0 Å². The summed E-state index contributed by atoms with van der Waals surface area (Å²) < 4.78 is 2.21. The highest BCUT2D eigenvalue weighted by atomic mass is 15.0. The number of rotatable bonds is 0. The Morgan fingerprint density at radius 1 is 0.962 bits per heavy atom. The summed E-state index contributed by atoms with van der Waals surface area (Å²) in [7, 11) is 0. The van der Waals surface area contributed by atoms with Gasteiger partial charge in [-0.25, -0.2) is 9.97 Å². The molecule has 3 heteroatoms. The van der Waals surface area contributed by atoms with Crippen molar-refractivity contribution >= 4 is 27.6 Å². The lowest BCUT2D eigenvalue weighted by molar-refractivity contribution is 0.571. The van der Waals surface area contributed by atoms with E-state index in [0.717, 1.165) is 34.3 Å². The molecule has 1 fully saturated rings. The van der Waals surface area contributed by atoms with E-state index in [1.54, 1.807) is 11.1 Å². The van der Waals surface area contributed by atoms with Gasteiger partial charge in [0.25, 0.3) is 0 Å². The van der Waals surface area contributed by atoms with Crippen LogP contribution in [0.2, 0.25) is 0 Å². The van der Waals surface area contributed by atoms with E-state index in [0.29, 0.717) is 0 Å². The highest BCUT2D eigenvalue weighted by molar-refractivity contribution is 5.98. The molecule has 0 spiro atoms. The summed E-state index contributed by atoms with van der Waals surface area (Å²) in [6, 6.07) is 11.4. The van der Waals surface area contributed by atoms with Crippen LogP contribution < -0.4 is 0 Å². The second-order valence-electron chi connectivity index (χ2n) is 9.19. The molecule has 2 atom stereocenters. The van der Waals surface area contributed by atoms with Crippen molar-refractivity contribution in [3.05, 3.63) is 53.3 Å². The van der Waals surface area contributed by atoms with Crippen molar-refractivity contribution < 1.29 is 0 Å². The molecule has 2 unspecified atom stereocenters. The van der Waals surface area contributed by atoms with E-state index in [1.807, 2.05) is 0 Å². The summed E-state index contributed by atoms with van der Waals surface area (Å²) in [6.07, 6.45) is 6.25. The van der Waals surface area contributed by atoms with E-state index in [-0.39, 0.29) is 5.41 Å². The van der Waals surface area contributed by atoms with Crippen molar-refractivity contribution in [2.24, 2.45) is 0 Å². The van der Waals surface area contributed by atoms with Gasteiger partial charge < -0.3 is 0 Å². The fourth-order valence-electron chi connectivity index (χ4n) is 5.13. The van der Waals surface area contributed by atoms with Crippen LogP contribution >= 0.6 is 0 Å². The van der Waals surface area contributed by atoms with Crippen LogP contribution in [-0.4, -0.2) is 14.4 Å².